The third-order valence-corrected chi connectivity index (χ3v) is 5.24. The number of nitrogens with two attached hydrogens (primary N) is 1. The number of ether oxygens (including phenoxy) is 1. The van der Waals surface area contributed by atoms with Gasteiger partial charge in [0.1, 0.15) is 0 Å². The summed E-state index contributed by atoms with van der Waals surface area (Å²) in [5.74, 6) is 0. The molecule has 1 fully saturated rings. The van der Waals surface area contributed by atoms with Crippen molar-refractivity contribution >= 4 is 27.3 Å². The number of nitrogens with one attached hydrogen (secondary N) is 1. The van der Waals surface area contributed by atoms with Gasteiger partial charge in [0.2, 0.25) is 10.0 Å². The Morgan fingerprint density at radius 3 is 2.80 bits per heavy atom. The first-order valence-corrected chi connectivity index (χ1v) is 8.43. The minimum atomic E-state index is -3.62. The Morgan fingerprint density at radius 1 is 1.45 bits per heavy atom. The van der Waals surface area contributed by atoms with Gasteiger partial charge in [-0.05, 0) is 43.9 Å². The molecule has 1 aromatic carbocycles. The first-order chi connectivity index (χ1) is 9.40. The highest BCUT2D eigenvalue weighted by Gasteiger charge is 2.20. The van der Waals surface area contributed by atoms with E-state index >= 15 is 0 Å². The van der Waals surface area contributed by atoms with Crippen LogP contribution in [0.5, 0.6) is 0 Å². The minimum Gasteiger partial charge on any atom is -0.398 e. The van der Waals surface area contributed by atoms with Crippen LogP contribution in [0.4, 0.5) is 5.69 Å². The number of halogens is 1. The van der Waals surface area contributed by atoms with E-state index in [2.05, 4.69) is 4.72 Å². The summed E-state index contributed by atoms with van der Waals surface area (Å²) in [5, 5.41) is 0.347. The third kappa shape index (κ3) is 3.63. The van der Waals surface area contributed by atoms with Crippen LogP contribution in [-0.4, -0.2) is 27.7 Å². The van der Waals surface area contributed by atoms with Crippen LogP contribution in [0.25, 0.3) is 0 Å². The summed E-state index contributed by atoms with van der Waals surface area (Å²) in [6, 6.07) is 2.84. The van der Waals surface area contributed by atoms with Gasteiger partial charge >= 0.3 is 0 Å². The summed E-state index contributed by atoms with van der Waals surface area (Å²) in [6.45, 7) is 2.71. The number of hydrogen-bond acceptors (Lipinski definition) is 4. The van der Waals surface area contributed by atoms with Crippen LogP contribution in [0.15, 0.2) is 17.0 Å². The number of anilines is 1. The Bertz CT molecular complexity index is 560. The van der Waals surface area contributed by atoms with Crippen molar-refractivity contribution in [1.29, 1.82) is 0 Å². The lowest BCUT2D eigenvalue weighted by atomic mass is 10.1. The van der Waals surface area contributed by atoms with Gasteiger partial charge in [-0.25, -0.2) is 13.1 Å². The Morgan fingerprint density at radius 2 is 2.20 bits per heavy atom. The van der Waals surface area contributed by atoms with E-state index in [0.717, 1.165) is 19.3 Å². The van der Waals surface area contributed by atoms with Crippen LogP contribution in [0.1, 0.15) is 24.8 Å². The number of rotatable bonds is 4. The van der Waals surface area contributed by atoms with Gasteiger partial charge in [-0.3, -0.25) is 0 Å². The maximum atomic E-state index is 12.2. The summed E-state index contributed by atoms with van der Waals surface area (Å²) in [4.78, 5) is 0.0846. The first kappa shape index (κ1) is 15.6. The van der Waals surface area contributed by atoms with Crippen molar-refractivity contribution in [2.24, 2.45) is 0 Å². The molecule has 0 amide bonds. The molecule has 2 rings (SSSR count). The van der Waals surface area contributed by atoms with E-state index < -0.39 is 10.0 Å². The molecular weight excluding hydrogens is 300 g/mol. The lowest BCUT2D eigenvalue weighted by Crippen LogP contribution is -2.35. The Hall–Kier alpha value is -0.820. The lowest BCUT2D eigenvalue weighted by molar-refractivity contribution is 0.0200. The molecule has 1 aliphatic rings. The molecule has 1 unspecified atom stereocenters. The molecule has 0 spiro atoms. The molecular formula is C13H19ClN2O3S. The molecule has 0 aliphatic carbocycles. The normalized spacial score (nSPS) is 20.0. The van der Waals surface area contributed by atoms with Crippen molar-refractivity contribution in [1.82, 2.24) is 4.72 Å². The van der Waals surface area contributed by atoms with E-state index in [0.29, 0.717) is 22.9 Å². The molecule has 112 valence electrons. The Balaban J connectivity index is 2.10. The fourth-order valence-corrected chi connectivity index (χ4v) is 3.50. The average molecular weight is 319 g/mol. The van der Waals surface area contributed by atoms with Gasteiger partial charge < -0.3 is 10.5 Å². The summed E-state index contributed by atoms with van der Waals surface area (Å²) in [7, 11) is -3.62. The molecule has 0 aromatic heterocycles. The van der Waals surface area contributed by atoms with Crippen molar-refractivity contribution in [3.05, 3.63) is 22.7 Å². The van der Waals surface area contributed by atoms with Crippen molar-refractivity contribution in [2.45, 2.75) is 37.2 Å². The summed E-state index contributed by atoms with van der Waals surface area (Å²) < 4.78 is 32.5. The molecule has 1 aromatic rings. The van der Waals surface area contributed by atoms with Crippen LogP contribution in [0, 0.1) is 6.92 Å². The quantitative estimate of drug-likeness (QED) is 0.833. The molecule has 5 nitrogen and oxygen atoms in total. The van der Waals surface area contributed by atoms with Crippen LogP contribution in [0.2, 0.25) is 5.02 Å². The highest BCUT2D eigenvalue weighted by molar-refractivity contribution is 7.89. The second kappa shape index (κ2) is 6.30. The third-order valence-electron chi connectivity index (χ3n) is 3.44. The van der Waals surface area contributed by atoms with Crippen molar-refractivity contribution < 1.29 is 13.2 Å². The van der Waals surface area contributed by atoms with Crippen LogP contribution in [-0.2, 0) is 14.8 Å². The molecule has 1 heterocycles. The van der Waals surface area contributed by atoms with Crippen LogP contribution < -0.4 is 10.5 Å². The Kier molecular flexibility index (Phi) is 4.90. The van der Waals surface area contributed by atoms with E-state index in [4.69, 9.17) is 22.1 Å². The van der Waals surface area contributed by atoms with E-state index in [1.165, 1.54) is 12.1 Å². The van der Waals surface area contributed by atoms with Gasteiger partial charge in [0.05, 0.1) is 11.0 Å². The maximum Gasteiger partial charge on any atom is 0.240 e. The number of hydrogen-bond donors (Lipinski definition) is 2. The standard InChI is InChI=1S/C13H19ClN2O3S/c1-9-12(14)6-11(7-13(9)15)20(17,18)16-8-10-4-2-3-5-19-10/h6-7,10,16H,2-5,8,15H2,1H3. The summed E-state index contributed by atoms with van der Waals surface area (Å²) >= 11 is 5.98. The highest BCUT2D eigenvalue weighted by atomic mass is 35.5. The van der Waals surface area contributed by atoms with Crippen LogP contribution >= 0.6 is 11.6 Å². The predicted octanol–water partition coefficient (Wildman–Crippen LogP) is 2.08. The molecule has 3 N–H and O–H groups in total. The Labute approximate surface area is 124 Å². The van der Waals surface area contributed by atoms with Crippen molar-refractivity contribution in [3.8, 4) is 0 Å². The molecule has 20 heavy (non-hydrogen) atoms. The monoisotopic (exact) mass is 318 g/mol. The number of sulfonamides is 1. The zero-order valence-electron chi connectivity index (χ0n) is 11.4. The van der Waals surface area contributed by atoms with E-state index in [9.17, 15) is 8.42 Å². The second-order valence-corrected chi connectivity index (χ2v) is 7.13. The summed E-state index contributed by atoms with van der Waals surface area (Å²) in [6.07, 6.45) is 2.92. The van der Waals surface area contributed by atoms with Crippen molar-refractivity contribution in [3.63, 3.8) is 0 Å². The fraction of sp³-hybridized carbons (Fsp3) is 0.538. The molecule has 0 radical (unpaired) electrons. The maximum absolute atomic E-state index is 12.2. The van der Waals surface area contributed by atoms with E-state index in [1.807, 2.05) is 0 Å². The topological polar surface area (TPSA) is 81.4 Å². The molecule has 0 saturated carbocycles. The minimum absolute atomic E-state index is 0.0585. The number of benzene rings is 1. The molecule has 1 atom stereocenters. The fourth-order valence-electron chi connectivity index (χ4n) is 2.08. The molecule has 7 heteroatoms. The lowest BCUT2D eigenvalue weighted by Gasteiger charge is -2.22. The van der Waals surface area contributed by atoms with Gasteiger partial charge in [-0.15, -0.1) is 0 Å². The zero-order chi connectivity index (χ0) is 14.8. The summed E-state index contributed by atoms with van der Waals surface area (Å²) in [5.41, 5.74) is 6.80. The van der Waals surface area contributed by atoms with Gasteiger partial charge in [0, 0.05) is 23.9 Å². The van der Waals surface area contributed by atoms with Crippen molar-refractivity contribution in [2.75, 3.05) is 18.9 Å². The second-order valence-electron chi connectivity index (χ2n) is 4.96. The molecule has 1 saturated heterocycles. The first-order valence-electron chi connectivity index (χ1n) is 6.57. The smallest absolute Gasteiger partial charge is 0.240 e. The number of nitrogen functional groups attached to an aromatic ring is 1. The SMILES string of the molecule is Cc1c(N)cc(S(=O)(=O)NCC2CCCCO2)cc1Cl. The van der Waals surface area contributed by atoms with Gasteiger partial charge in [-0.1, -0.05) is 11.6 Å². The molecule has 1 aliphatic heterocycles. The molecule has 0 bridgehead atoms. The largest absolute Gasteiger partial charge is 0.398 e. The zero-order valence-corrected chi connectivity index (χ0v) is 12.9. The van der Waals surface area contributed by atoms with E-state index in [1.54, 1.807) is 6.92 Å². The van der Waals surface area contributed by atoms with Gasteiger partial charge in [0.25, 0.3) is 0 Å². The highest BCUT2D eigenvalue weighted by Crippen LogP contribution is 2.26. The van der Waals surface area contributed by atoms with Crippen LogP contribution in [0.3, 0.4) is 0 Å². The van der Waals surface area contributed by atoms with E-state index in [-0.39, 0.29) is 17.5 Å². The van der Waals surface area contributed by atoms with Gasteiger partial charge in [-0.2, -0.15) is 0 Å². The van der Waals surface area contributed by atoms with Gasteiger partial charge in [0.15, 0.2) is 0 Å². The predicted molar refractivity (Wildman–Crippen MR) is 79.4 cm³/mol. The average Bonchev–Trinajstić information content (AvgIpc) is 2.43.